The molecule has 62 valence electrons. The maximum atomic E-state index is 8.57. The monoisotopic (exact) mass is 153 g/mol. The quantitative estimate of drug-likeness (QED) is 0.467. The molecule has 11 heavy (non-hydrogen) atoms. The van der Waals surface area contributed by atoms with Crippen molar-refractivity contribution in [3.63, 3.8) is 0 Å². The van der Waals surface area contributed by atoms with Crippen LogP contribution in [0.2, 0.25) is 0 Å². The Kier molecular flexibility index (Phi) is 6.76. The van der Waals surface area contributed by atoms with Crippen LogP contribution in [-0.4, -0.2) is 11.7 Å². The van der Waals surface area contributed by atoms with Gasteiger partial charge in [0.1, 0.15) is 0 Å². The van der Waals surface area contributed by atoms with Crippen molar-refractivity contribution >= 4 is 0 Å². The fourth-order valence-electron chi connectivity index (χ4n) is 0.938. The van der Waals surface area contributed by atoms with E-state index in [9.17, 15) is 0 Å². The van der Waals surface area contributed by atoms with Crippen molar-refractivity contribution in [2.24, 2.45) is 5.92 Å². The molecule has 0 fully saturated rings. The van der Waals surface area contributed by atoms with Gasteiger partial charge < -0.3 is 5.11 Å². The summed E-state index contributed by atoms with van der Waals surface area (Å²) in [5.74, 6) is 0.0277. The van der Waals surface area contributed by atoms with Crippen LogP contribution in [0, 0.1) is 17.2 Å². The van der Waals surface area contributed by atoms with Gasteiger partial charge >= 0.3 is 0 Å². The molecule has 0 radical (unpaired) electrons. The molecule has 0 aromatic carbocycles. The maximum absolute atomic E-state index is 8.57. The van der Waals surface area contributed by atoms with Crippen LogP contribution in [0.1, 0.15) is 25.7 Å². The van der Waals surface area contributed by atoms with Gasteiger partial charge in [0.2, 0.25) is 0 Å². The molecular formula is C9H15NO. The first-order valence-corrected chi connectivity index (χ1v) is 3.96. The minimum atomic E-state index is 0.0277. The molecule has 0 amide bonds. The van der Waals surface area contributed by atoms with Gasteiger partial charge in [0, 0.05) is 12.5 Å². The van der Waals surface area contributed by atoms with Gasteiger partial charge in [-0.15, -0.1) is 6.58 Å². The van der Waals surface area contributed by atoms with Crippen molar-refractivity contribution in [2.45, 2.75) is 25.7 Å². The number of hydrogen-bond acceptors (Lipinski definition) is 2. The molecule has 2 nitrogen and oxygen atoms in total. The lowest BCUT2D eigenvalue weighted by atomic mass is 10.0. The predicted molar refractivity (Wildman–Crippen MR) is 44.9 cm³/mol. The summed E-state index contributed by atoms with van der Waals surface area (Å²) in [6.07, 6.45) is 5.30. The van der Waals surface area contributed by atoms with Gasteiger partial charge in [-0.05, 0) is 25.7 Å². The molecule has 0 rings (SSSR count). The largest absolute Gasteiger partial charge is 0.396 e. The van der Waals surface area contributed by atoms with Crippen LogP contribution in [-0.2, 0) is 0 Å². The van der Waals surface area contributed by atoms with Crippen molar-refractivity contribution in [2.75, 3.05) is 6.61 Å². The van der Waals surface area contributed by atoms with Gasteiger partial charge in [-0.2, -0.15) is 5.26 Å². The van der Waals surface area contributed by atoms with E-state index in [1.807, 2.05) is 6.08 Å². The van der Waals surface area contributed by atoms with E-state index in [-0.39, 0.29) is 12.5 Å². The van der Waals surface area contributed by atoms with Gasteiger partial charge in [-0.1, -0.05) is 6.08 Å². The fraction of sp³-hybridized carbons (Fsp3) is 0.667. The minimum absolute atomic E-state index is 0.0277. The van der Waals surface area contributed by atoms with E-state index >= 15 is 0 Å². The standard InChI is InChI=1S/C9H15NO/c1-2-3-4-5-9(8-10)6-7-11/h2,9,11H,1,3-7H2. The molecule has 0 aliphatic rings. The molecule has 0 heterocycles. The first-order valence-electron chi connectivity index (χ1n) is 3.96. The summed E-state index contributed by atoms with van der Waals surface area (Å²) in [7, 11) is 0. The van der Waals surface area contributed by atoms with E-state index in [1.165, 1.54) is 0 Å². The highest BCUT2D eigenvalue weighted by atomic mass is 16.3. The molecule has 0 aliphatic heterocycles. The number of allylic oxidation sites excluding steroid dienone is 1. The Morgan fingerprint density at radius 3 is 2.73 bits per heavy atom. The van der Waals surface area contributed by atoms with E-state index in [0.717, 1.165) is 19.3 Å². The van der Waals surface area contributed by atoms with Crippen molar-refractivity contribution in [1.29, 1.82) is 5.26 Å². The molecule has 0 aromatic heterocycles. The molecule has 0 bridgehead atoms. The van der Waals surface area contributed by atoms with Gasteiger partial charge in [-0.25, -0.2) is 0 Å². The summed E-state index contributed by atoms with van der Waals surface area (Å²) in [5.41, 5.74) is 0. The Hall–Kier alpha value is -0.810. The van der Waals surface area contributed by atoms with Crippen molar-refractivity contribution < 1.29 is 5.11 Å². The van der Waals surface area contributed by atoms with Crippen LogP contribution >= 0.6 is 0 Å². The molecule has 0 spiro atoms. The molecule has 1 atom stereocenters. The maximum Gasteiger partial charge on any atom is 0.0656 e. The number of hydrogen-bond donors (Lipinski definition) is 1. The molecule has 1 unspecified atom stereocenters. The third-order valence-electron chi connectivity index (χ3n) is 1.62. The van der Waals surface area contributed by atoms with Crippen LogP contribution in [0.25, 0.3) is 0 Å². The lowest BCUT2D eigenvalue weighted by Crippen LogP contribution is -1.99. The SMILES string of the molecule is C=CCCCC(C#N)CCO. The number of rotatable bonds is 6. The molecular weight excluding hydrogens is 138 g/mol. The topological polar surface area (TPSA) is 44.0 Å². The highest BCUT2D eigenvalue weighted by molar-refractivity contribution is 4.82. The summed E-state index contributed by atoms with van der Waals surface area (Å²) in [5, 5.41) is 17.1. The van der Waals surface area contributed by atoms with Crippen LogP contribution in [0.3, 0.4) is 0 Å². The highest BCUT2D eigenvalue weighted by Gasteiger charge is 2.04. The van der Waals surface area contributed by atoms with E-state index in [2.05, 4.69) is 12.6 Å². The molecule has 2 heteroatoms. The third kappa shape index (κ3) is 5.63. The highest BCUT2D eigenvalue weighted by Crippen LogP contribution is 2.10. The smallest absolute Gasteiger partial charge is 0.0656 e. The first-order chi connectivity index (χ1) is 5.35. The second kappa shape index (κ2) is 7.30. The summed E-state index contributed by atoms with van der Waals surface area (Å²) in [6.45, 7) is 3.71. The van der Waals surface area contributed by atoms with Crippen LogP contribution in [0.5, 0.6) is 0 Å². The summed E-state index contributed by atoms with van der Waals surface area (Å²) in [6, 6.07) is 2.17. The average molecular weight is 153 g/mol. The number of aliphatic hydroxyl groups is 1. The Morgan fingerprint density at radius 1 is 1.55 bits per heavy atom. The van der Waals surface area contributed by atoms with E-state index in [4.69, 9.17) is 10.4 Å². The Balaban J connectivity index is 3.37. The second-order valence-corrected chi connectivity index (χ2v) is 2.56. The number of nitrogens with zero attached hydrogens (tertiary/aromatic N) is 1. The van der Waals surface area contributed by atoms with Crippen LogP contribution in [0.15, 0.2) is 12.7 Å². The summed E-state index contributed by atoms with van der Waals surface area (Å²) in [4.78, 5) is 0. The zero-order valence-electron chi connectivity index (χ0n) is 6.79. The van der Waals surface area contributed by atoms with Gasteiger partial charge in [0.15, 0.2) is 0 Å². The molecule has 0 aliphatic carbocycles. The van der Waals surface area contributed by atoms with Crippen molar-refractivity contribution in [3.8, 4) is 6.07 Å². The fourth-order valence-corrected chi connectivity index (χ4v) is 0.938. The summed E-state index contributed by atoms with van der Waals surface area (Å²) < 4.78 is 0. The van der Waals surface area contributed by atoms with E-state index < -0.39 is 0 Å². The third-order valence-corrected chi connectivity index (χ3v) is 1.62. The molecule has 1 N–H and O–H groups in total. The average Bonchev–Trinajstić information content (AvgIpc) is 2.03. The molecule has 0 saturated heterocycles. The van der Waals surface area contributed by atoms with Gasteiger partial charge in [-0.3, -0.25) is 0 Å². The Bertz CT molecular complexity index is 137. The first kappa shape index (κ1) is 10.2. The van der Waals surface area contributed by atoms with E-state index in [1.54, 1.807) is 0 Å². The Labute approximate surface area is 68.2 Å². The number of aliphatic hydroxyl groups excluding tert-OH is 1. The number of nitriles is 1. The minimum Gasteiger partial charge on any atom is -0.396 e. The zero-order chi connectivity index (χ0) is 8.53. The predicted octanol–water partition coefficient (Wildman–Crippen LogP) is 1.86. The normalized spacial score (nSPS) is 12.0. The number of unbranched alkanes of at least 4 members (excludes halogenated alkanes) is 1. The van der Waals surface area contributed by atoms with Crippen LogP contribution in [0.4, 0.5) is 0 Å². The van der Waals surface area contributed by atoms with Gasteiger partial charge in [0.25, 0.3) is 0 Å². The lowest BCUT2D eigenvalue weighted by Gasteiger charge is -2.04. The van der Waals surface area contributed by atoms with E-state index in [0.29, 0.717) is 6.42 Å². The second-order valence-electron chi connectivity index (χ2n) is 2.56. The molecule has 0 saturated carbocycles. The lowest BCUT2D eigenvalue weighted by molar-refractivity contribution is 0.267. The summed E-state index contributed by atoms with van der Waals surface area (Å²) >= 11 is 0. The van der Waals surface area contributed by atoms with Crippen LogP contribution < -0.4 is 0 Å². The Morgan fingerprint density at radius 2 is 2.27 bits per heavy atom. The van der Waals surface area contributed by atoms with Gasteiger partial charge in [0.05, 0.1) is 6.07 Å². The van der Waals surface area contributed by atoms with Crippen molar-refractivity contribution in [1.82, 2.24) is 0 Å². The van der Waals surface area contributed by atoms with Crippen molar-refractivity contribution in [3.05, 3.63) is 12.7 Å². The zero-order valence-corrected chi connectivity index (χ0v) is 6.79. The molecule has 0 aromatic rings.